The predicted molar refractivity (Wildman–Crippen MR) is 120 cm³/mol. The Balaban J connectivity index is 1.75. The molecule has 0 aliphatic carbocycles. The minimum atomic E-state index is -0.405. The molecule has 3 rings (SSSR count). The van der Waals surface area contributed by atoms with E-state index in [0.717, 1.165) is 5.56 Å². The lowest BCUT2D eigenvalue weighted by atomic mass is 10.1. The van der Waals surface area contributed by atoms with Crippen molar-refractivity contribution >= 4 is 23.4 Å². The van der Waals surface area contributed by atoms with Crippen LogP contribution in [0.4, 0.5) is 5.69 Å². The van der Waals surface area contributed by atoms with Crippen molar-refractivity contribution in [1.82, 2.24) is 9.97 Å². The average Bonchev–Trinajstić information content (AvgIpc) is 2.75. The number of carbonyl (C=O) groups excluding carboxylic acids is 1. The maximum Gasteiger partial charge on any atom is 0.255 e. The zero-order chi connectivity index (χ0) is 21.5. The molecular formula is C23H25N3O3S. The fourth-order valence-electron chi connectivity index (χ4n) is 3.07. The lowest BCUT2D eigenvalue weighted by Gasteiger charge is -2.16. The van der Waals surface area contributed by atoms with Crippen molar-refractivity contribution in [2.45, 2.75) is 37.1 Å². The lowest BCUT2D eigenvalue weighted by molar-refractivity contribution is -0.115. The second-order valence-electron chi connectivity index (χ2n) is 6.80. The minimum Gasteiger partial charge on any atom is -0.495 e. The number of nitrogens with one attached hydrogen (secondary N) is 2. The van der Waals surface area contributed by atoms with Crippen LogP contribution in [-0.4, -0.2) is 28.2 Å². The molecule has 0 aliphatic heterocycles. The molecule has 1 aromatic heterocycles. The molecule has 1 unspecified atom stereocenters. The number of para-hydroxylation sites is 2. The monoisotopic (exact) mass is 423 g/mol. The summed E-state index contributed by atoms with van der Waals surface area (Å²) in [5, 5.41) is 2.94. The van der Waals surface area contributed by atoms with Crippen molar-refractivity contribution in [1.29, 1.82) is 0 Å². The van der Waals surface area contributed by atoms with Gasteiger partial charge in [-0.05, 0) is 31.0 Å². The van der Waals surface area contributed by atoms with Crippen LogP contribution in [0, 0.1) is 6.92 Å². The molecule has 2 N–H and O–H groups in total. The smallest absolute Gasteiger partial charge is 0.255 e. The molecule has 0 bridgehead atoms. The Kier molecular flexibility index (Phi) is 7.30. The van der Waals surface area contributed by atoms with Crippen LogP contribution in [0.1, 0.15) is 30.2 Å². The first-order chi connectivity index (χ1) is 14.5. The molecule has 0 saturated heterocycles. The van der Waals surface area contributed by atoms with Crippen molar-refractivity contribution in [2.24, 2.45) is 0 Å². The van der Waals surface area contributed by atoms with Crippen LogP contribution in [0.2, 0.25) is 0 Å². The highest BCUT2D eigenvalue weighted by Gasteiger charge is 2.21. The van der Waals surface area contributed by atoms with E-state index in [-0.39, 0.29) is 11.5 Å². The van der Waals surface area contributed by atoms with Gasteiger partial charge in [0, 0.05) is 17.7 Å². The highest BCUT2D eigenvalue weighted by atomic mass is 32.2. The molecular weight excluding hydrogens is 398 g/mol. The minimum absolute atomic E-state index is 0.166. The normalized spacial score (nSPS) is 11.7. The molecule has 1 atom stereocenters. The number of thioether (sulfide) groups is 1. The van der Waals surface area contributed by atoms with Gasteiger partial charge in [0.1, 0.15) is 5.75 Å². The number of H-pyrrole nitrogens is 1. The Morgan fingerprint density at radius 1 is 1.17 bits per heavy atom. The summed E-state index contributed by atoms with van der Waals surface area (Å²) in [5.74, 6) is 0.430. The maximum absolute atomic E-state index is 12.8. The van der Waals surface area contributed by atoms with E-state index in [2.05, 4.69) is 15.3 Å². The summed E-state index contributed by atoms with van der Waals surface area (Å²) in [6.07, 6.45) is 1.10. The van der Waals surface area contributed by atoms with Crippen LogP contribution in [-0.2, 0) is 11.2 Å². The standard InChI is InChI=1S/C23H25N3O3S/c1-4-20(22(28)25-18-12-8-9-13-19(18)29-3)30-23-24-15(2)17(21(27)26-23)14-16-10-6-5-7-11-16/h5-13,20H,4,14H2,1-3H3,(H,25,28)(H,24,26,27). The SMILES string of the molecule is CCC(Sc1nc(C)c(Cc2ccccc2)c(=O)[nH]1)C(=O)Nc1ccccc1OC. The third-order valence-corrected chi connectivity index (χ3v) is 5.95. The first-order valence-electron chi connectivity index (χ1n) is 9.76. The Labute approximate surface area is 180 Å². The number of anilines is 1. The number of ether oxygens (including phenoxy) is 1. The van der Waals surface area contributed by atoms with E-state index in [1.165, 1.54) is 11.8 Å². The second kappa shape index (κ2) is 10.1. The summed E-state index contributed by atoms with van der Waals surface area (Å²) < 4.78 is 5.29. The average molecular weight is 424 g/mol. The highest BCUT2D eigenvalue weighted by Crippen LogP contribution is 2.27. The fraction of sp³-hybridized carbons (Fsp3) is 0.261. The molecule has 0 radical (unpaired) electrons. The molecule has 0 saturated carbocycles. The molecule has 156 valence electrons. The van der Waals surface area contributed by atoms with Gasteiger partial charge in [0.2, 0.25) is 5.91 Å². The van der Waals surface area contributed by atoms with Crippen molar-refractivity contribution in [3.8, 4) is 5.75 Å². The molecule has 0 fully saturated rings. The predicted octanol–water partition coefficient (Wildman–Crippen LogP) is 4.19. The summed E-state index contributed by atoms with van der Waals surface area (Å²) >= 11 is 1.25. The Bertz CT molecular complexity index is 1070. The van der Waals surface area contributed by atoms with E-state index in [1.54, 1.807) is 19.2 Å². The molecule has 6 nitrogen and oxygen atoms in total. The summed E-state index contributed by atoms with van der Waals surface area (Å²) in [4.78, 5) is 32.8. The van der Waals surface area contributed by atoms with Gasteiger partial charge in [0.05, 0.1) is 18.0 Å². The third-order valence-electron chi connectivity index (χ3n) is 4.71. The fourth-order valence-corrected chi connectivity index (χ4v) is 4.01. The summed E-state index contributed by atoms with van der Waals surface area (Å²) in [5.41, 5.74) is 2.80. The van der Waals surface area contributed by atoms with Gasteiger partial charge in [-0.1, -0.05) is 61.2 Å². The van der Waals surface area contributed by atoms with Gasteiger partial charge in [-0.15, -0.1) is 0 Å². The topological polar surface area (TPSA) is 84.1 Å². The van der Waals surface area contributed by atoms with E-state index < -0.39 is 5.25 Å². The van der Waals surface area contributed by atoms with E-state index in [0.29, 0.717) is 40.7 Å². The lowest BCUT2D eigenvalue weighted by Crippen LogP contribution is -2.26. The number of rotatable bonds is 8. The Morgan fingerprint density at radius 2 is 1.87 bits per heavy atom. The number of aryl methyl sites for hydroxylation is 1. The van der Waals surface area contributed by atoms with E-state index >= 15 is 0 Å². The van der Waals surface area contributed by atoms with Crippen LogP contribution in [0.3, 0.4) is 0 Å². The second-order valence-corrected chi connectivity index (χ2v) is 7.99. The zero-order valence-corrected chi connectivity index (χ0v) is 18.1. The van der Waals surface area contributed by atoms with E-state index in [1.807, 2.05) is 56.3 Å². The third kappa shape index (κ3) is 5.30. The molecule has 2 aromatic carbocycles. The van der Waals surface area contributed by atoms with Crippen LogP contribution in [0.15, 0.2) is 64.5 Å². The number of aromatic amines is 1. The number of methoxy groups -OCH3 is 1. The van der Waals surface area contributed by atoms with E-state index in [9.17, 15) is 9.59 Å². The molecule has 30 heavy (non-hydrogen) atoms. The molecule has 0 spiro atoms. The Morgan fingerprint density at radius 3 is 2.53 bits per heavy atom. The van der Waals surface area contributed by atoms with Gasteiger partial charge >= 0.3 is 0 Å². The number of hydrogen-bond donors (Lipinski definition) is 2. The molecule has 1 heterocycles. The van der Waals surface area contributed by atoms with Gasteiger partial charge in [-0.2, -0.15) is 0 Å². The molecule has 7 heteroatoms. The van der Waals surface area contributed by atoms with Gasteiger partial charge in [0.25, 0.3) is 5.56 Å². The largest absolute Gasteiger partial charge is 0.495 e. The first kappa shape index (κ1) is 21.6. The number of aromatic nitrogens is 2. The first-order valence-corrected chi connectivity index (χ1v) is 10.6. The van der Waals surface area contributed by atoms with Crippen molar-refractivity contribution in [3.63, 3.8) is 0 Å². The van der Waals surface area contributed by atoms with Gasteiger partial charge in [0.15, 0.2) is 5.16 Å². The van der Waals surface area contributed by atoms with Crippen LogP contribution >= 0.6 is 11.8 Å². The number of hydrogen-bond acceptors (Lipinski definition) is 5. The maximum atomic E-state index is 12.8. The molecule has 3 aromatic rings. The van der Waals surface area contributed by atoms with Gasteiger partial charge in [-0.25, -0.2) is 4.98 Å². The van der Waals surface area contributed by atoms with Gasteiger partial charge in [-0.3, -0.25) is 9.59 Å². The van der Waals surface area contributed by atoms with Crippen LogP contribution in [0.25, 0.3) is 0 Å². The molecule has 0 aliphatic rings. The quantitative estimate of drug-likeness (QED) is 0.419. The van der Waals surface area contributed by atoms with Crippen LogP contribution in [0.5, 0.6) is 5.75 Å². The summed E-state index contributed by atoms with van der Waals surface area (Å²) in [6.45, 7) is 3.75. The zero-order valence-electron chi connectivity index (χ0n) is 17.3. The molecule has 1 amide bonds. The van der Waals surface area contributed by atoms with Crippen molar-refractivity contribution in [3.05, 3.63) is 81.8 Å². The van der Waals surface area contributed by atoms with E-state index in [4.69, 9.17) is 4.74 Å². The van der Waals surface area contributed by atoms with Crippen molar-refractivity contribution < 1.29 is 9.53 Å². The number of amides is 1. The van der Waals surface area contributed by atoms with Gasteiger partial charge < -0.3 is 15.0 Å². The van der Waals surface area contributed by atoms with Crippen LogP contribution < -0.4 is 15.6 Å². The number of nitrogens with zero attached hydrogens (tertiary/aromatic N) is 1. The summed E-state index contributed by atoms with van der Waals surface area (Å²) in [7, 11) is 1.56. The summed E-state index contributed by atoms with van der Waals surface area (Å²) in [6, 6.07) is 17.1. The van der Waals surface area contributed by atoms with Crippen molar-refractivity contribution in [2.75, 3.05) is 12.4 Å². The Hall–Kier alpha value is -3.06. The number of carbonyl (C=O) groups is 1. The number of benzene rings is 2. The highest BCUT2D eigenvalue weighted by molar-refractivity contribution is 8.00.